The fourth-order valence-corrected chi connectivity index (χ4v) is 4.24. The van der Waals surface area contributed by atoms with Gasteiger partial charge in [0, 0.05) is 25.5 Å². The van der Waals surface area contributed by atoms with E-state index in [9.17, 15) is 9.90 Å². The van der Waals surface area contributed by atoms with Crippen molar-refractivity contribution in [2.75, 3.05) is 25.6 Å². The van der Waals surface area contributed by atoms with Gasteiger partial charge in [0.2, 0.25) is 0 Å². The van der Waals surface area contributed by atoms with Crippen molar-refractivity contribution in [1.82, 2.24) is 10.2 Å². The Morgan fingerprint density at radius 3 is 2.39 bits per heavy atom. The second kappa shape index (κ2) is 8.98. The number of hydrogen-bond donors (Lipinski definition) is 2. The third kappa shape index (κ3) is 4.51. The number of hydrogen-bond acceptors (Lipinski definition) is 4. The molecule has 0 radical (unpaired) electrons. The molecule has 0 saturated heterocycles. The maximum atomic E-state index is 13.3. The molecule has 0 spiro atoms. The molecule has 1 unspecified atom stereocenters. The molecule has 0 saturated carbocycles. The van der Waals surface area contributed by atoms with Crippen LogP contribution >= 0.6 is 12.2 Å². The van der Waals surface area contributed by atoms with E-state index in [1.807, 2.05) is 32.6 Å². The first-order valence-corrected chi connectivity index (χ1v) is 10.6. The molecule has 1 heterocycles. The summed E-state index contributed by atoms with van der Waals surface area (Å²) in [5.41, 5.74) is 5.29. The van der Waals surface area contributed by atoms with E-state index in [4.69, 9.17) is 17.0 Å². The molecule has 2 N–H and O–H groups in total. The van der Waals surface area contributed by atoms with E-state index in [0.717, 1.165) is 28.1 Å². The van der Waals surface area contributed by atoms with Crippen molar-refractivity contribution in [3.8, 4) is 11.5 Å². The molecule has 1 aliphatic rings. The maximum Gasteiger partial charge on any atom is 0.253 e. The van der Waals surface area contributed by atoms with Gasteiger partial charge in [-0.05, 0) is 80.9 Å². The molecule has 7 heteroatoms. The van der Waals surface area contributed by atoms with Crippen molar-refractivity contribution in [3.05, 3.63) is 64.4 Å². The van der Waals surface area contributed by atoms with Crippen molar-refractivity contribution in [2.24, 2.45) is 0 Å². The Balaban J connectivity index is 2.18. The van der Waals surface area contributed by atoms with Crippen LogP contribution in [0.2, 0.25) is 0 Å². The molecule has 1 aliphatic heterocycles. The number of nitrogens with zero attached hydrogens (tertiary/aromatic N) is 2. The van der Waals surface area contributed by atoms with Crippen molar-refractivity contribution in [1.29, 1.82) is 0 Å². The number of carbonyl (C=O) groups is 1. The highest BCUT2D eigenvalue weighted by atomic mass is 32.1. The Labute approximate surface area is 189 Å². The molecule has 0 fully saturated rings. The number of anilines is 1. The summed E-state index contributed by atoms with van der Waals surface area (Å²) in [4.78, 5) is 16.7. The van der Waals surface area contributed by atoms with E-state index in [2.05, 4.69) is 23.5 Å². The average Bonchev–Trinajstić information content (AvgIpc) is 2.68. The minimum absolute atomic E-state index is 0.0574. The molecule has 2 aromatic rings. The maximum absolute atomic E-state index is 13.3. The average molecular weight is 440 g/mol. The van der Waals surface area contributed by atoms with Gasteiger partial charge in [-0.15, -0.1) is 0 Å². The second-order valence-electron chi connectivity index (χ2n) is 7.92. The van der Waals surface area contributed by atoms with Gasteiger partial charge in [0.25, 0.3) is 5.91 Å². The lowest BCUT2D eigenvalue weighted by atomic mass is 9.93. The molecule has 0 aromatic heterocycles. The van der Waals surface area contributed by atoms with E-state index in [-0.39, 0.29) is 11.7 Å². The van der Waals surface area contributed by atoms with Gasteiger partial charge in [0.05, 0.1) is 18.2 Å². The number of ether oxygens (including phenoxy) is 1. The SMILES string of the molecule is CCOc1cc(C2NC(=S)N(c3cc(C)cc(C)c3)C(C)=C2C(=O)N(C)C)ccc1O. The normalized spacial score (nSPS) is 16.3. The predicted octanol–water partition coefficient (Wildman–Crippen LogP) is 4.21. The number of phenolic OH excluding ortho intramolecular Hbond substituents is 1. The number of amides is 1. The van der Waals surface area contributed by atoms with Gasteiger partial charge >= 0.3 is 0 Å². The van der Waals surface area contributed by atoms with Gasteiger partial charge in [-0.2, -0.15) is 0 Å². The molecule has 31 heavy (non-hydrogen) atoms. The third-order valence-corrected chi connectivity index (χ3v) is 5.50. The molecule has 2 aromatic carbocycles. The Kier molecular flexibility index (Phi) is 6.55. The van der Waals surface area contributed by atoms with E-state index >= 15 is 0 Å². The minimum Gasteiger partial charge on any atom is -0.504 e. The zero-order valence-electron chi connectivity index (χ0n) is 18.8. The van der Waals surface area contributed by atoms with E-state index in [1.165, 1.54) is 0 Å². The first-order chi connectivity index (χ1) is 14.6. The number of benzene rings is 2. The van der Waals surface area contributed by atoms with Gasteiger partial charge in [-0.3, -0.25) is 9.69 Å². The van der Waals surface area contributed by atoms with Crippen LogP contribution in [0.3, 0.4) is 0 Å². The van der Waals surface area contributed by atoms with Crippen molar-refractivity contribution < 1.29 is 14.6 Å². The highest BCUT2D eigenvalue weighted by Crippen LogP contribution is 2.37. The van der Waals surface area contributed by atoms with Crippen LogP contribution in [0.25, 0.3) is 0 Å². The summed E-state index contributed by atoms with van der Waals surface area (Å²) in [6.45, 7) is 8.27. The third-order valence-electron chi connectivity index (χ3n) is 5.20. The highest BCUT2D eigenvalue weighted by Gasteiger charge is 2.35. The molecule has 1 atom stereocenters. The van der Waals surface area contributed by atoms with Gasteiger partial charge < -0.3 is 20.1 Å². The van der Waals surface area contributed by atoms with Crippen molar-refractivity contribution in [3.63, 3.8) is 0 Å². The fourth-order valence-electron chi connectivity index (χ4n) is 3.88. The zero-order valence-corrected chi connectivity index (χ0v) is 19.6. The molecule has 164 valence electrons. The summed E-state index contributed by atoms with van der Waals surface area (Å²) < 4.78 is 5.55. The molecular formula is C24H29N3O3S. The second-order valence-corrected chi connectivity index (χ2v) is 8.31. The summed E-state index contributed by atoms with van der Waals surface area (Å²) in [5.74, 6) is 0.318. The van der Waals surface area contributed by atoms with Crippen LogP contribution in [0.4, 0.5) is 5.69 Å². The Morgan fingerprint density at radius 2 is 1.81 bits per heavy atom. The highest BCUT2D eigenvalue weighted by molar-refractivity contribution is 7.80. The standard InChI is InChI=1S/C24H29N3O3S/c1-7-30-20-13-17(8-9-19(20)28)22-21(23(29)26(5)6)16(4)27(24(31)25-22)18-11-14(2)10-15(3)12-18/h8-13,22,28H,7H2,1-6H3,(H,25,31). The number of aromatic hydroxyl groups is 1. The van der Waals surface area contributed by atoms with Crippen molar-refractivity contribution >= 4 is 28.9 Å². The quantitative estimate of drug-likeness (QED) is 0.681. The summed E-state index contributed by atoms with van der Waals surface area (Å²) in [7, 11) is 3.46. The number of allylic oxidation sites excluding steroid dienone is 1. The number of thiocarbonyl (C=S) groups is 1. The monoisotopic (exact) mass is 439 g/mol. The lowest BCUT2D eigenvalue weighted by Gasteiger charge is -2.38. The van der Waals surface area contributed by atoms with E-state index in [0.29, 0.717) is 23.0 Å². The molecule has 0 aliphatic carbocycles. The number of carbonyl (C=O) groups excluding carboxylic acids is 1. The fraction of sp³-hybridized carbons (Fsp3) is 0.333. The lowest BCUT2D eigenvalue weighted by Crippen LogP contribution is -2.49. The van der Waals surface area contributed by atoms with Crippen LogP contribution in [0.15, 0.2) is 47.7 Å². The number of nitrogens with one attached hydrogen (secondary N) is 1. The smallest absolute Gasteiger partial charge is 0.253 e. The van der Waals surface area contributed by atoms with Crippen LogP contribution in [0.5, 0.6) is 11.5 Å². The van der Waals surface area contributed by atoms with E-state index in [1.54, 1.807) is 37.2 Å². The number of aryl methyl sites for hydroxylation is 2. The van der Waals surface area contributed by atoms with Gasteiger partial charge in [-0.25, -0.2) is 0 Å². The molecular weight excluding hydrogens is 410 g/mol. The van der Waals surface area contributed by atoms with Crippen LogP contribution in [-0.2, 0) is 4.79 Å². The van der Waals surface area contributed by atoms with Crippen LogP contribution < -0.4 is 15.0 Å². The Bertz CT molecular complexity index is 1040. The molecule has 6 nitrogen and oxygen atoms in total. The first kappa shape index (κ1) is 22.6. The van der Waals surface area contributed by atoms with Crippen LogP contribution in [0.1, 0.15) is 36.6 Å². The number of rotatable bonds is 5. The van der Waals surface area contributed by atoms with Crippen LogP contribution in [0, 0.1) is 13.8 Å². The minimum atomic E-state index is -0.468. The number of phenols is 1. The van der Waals surface area contributed by atoms with Crippen LogP contribution in [-0.4, -0.2) is 41.7 Å². The Hall–Kier alpha value is -3.06. The molecule has 0 bridgehead atoms. The zero-order chi connectivity index (χ0) is 22.9. The largest absolute Gasteiger partial charge is 0.504 e. The number of likely N-dealkylation sites (N-methyl/N-ethyl adjacent to an activating group) is 1. The predicted molar refractivity (Wildman–Crippen MR) is 128 cm³/mol. The topological polar surface area (TPSA) is 65.0 Å². The summed E-state index contributed by atoms with van der Waals surface area (Å²) in [6.07, 6.45) is 0. The van der Waals surface area contributed by atoms with E-state index < -0.39 is 6.04 Å². The molecule has 3 rings (SSSR count). The summed E-state index contributed by atoms with van der Waals surface area (Å²) in [5, 5.41) is 14.0. The van der Waals surface area contributed by atoms with Gasteiger partial charge in [0.1, 0.15) is 0 Å². The summed E-state index contributed by atoms with van der Waals surface area (Å²) >= 11 is 5.74. The van der Waals surface area contributed by atoms with Crippen molar-refractivity contribution in [2.45, 2.75) is 33.7 Å². The molecule has 1 amide bonds. The van der Waals surface area contributed by atoms with Gasteiger partial charge in [-0.1, -0.05) is 12.1 Å². The summed E-state index contributed by atoms with van der Waals surface area (Å²) in [6, 6.07) is 10.8. The Morgan fingerprint density at radius 1 is 1.16 bits per heavy atom. The van der Waals surface area contributed by atoms with Gasteiger partial charge in [0.15, 0.2) is 16.6 Å². The first-order valence-electron chi connectivity index (χ1n) is 10.2. The lowest BCUT2D eigenvalue weighted by molar-refractivity contribution is -0.125.